The average Bonchev–Trinajstić information content (AvgIpc) is 1.81. The third kappa shape index (κ3) is 4.95. The Labute approximate surface area is 48.5 Å². The van der Waals surface area contributed by atoms with Gasteiger partial charge in [0.15, 0.2) is 6.29 Å². The summed E-state index contributed by atoms with van der Waals surface area (Å²) in [5.74, 6) is 0. The molecule has 8 heavy (non-hydrogen) atoms. The van der Waals surface area contributed by atoms with Crippen molar-refractivity contribution in [1.29, 1.82) is 0 Å². The van der Waals surface area contributed by atoms with Gasteiger partial charge in [0.25, 0.3) is 0 Å². The van der Waals surface area contributed by atoms with Crippen LogP contribution in [-0.4, -0.2) is 12.9 Å². The van der Waals surface area contributed by atoms with Crippen molar-refractivity contribution in [3.05, 3.63) is 25.0 Å². The normalized spacial score (nSPS) is 9.00. The second-order valence-corrected chi connectivity index (χ2v) is 1.06. The highest BCUT2D eigenvalue weighted by Gasteiger charge is 1.69. The number of carbonyl (C=O) groups excluding carboxylic acids is 1. The van der Waals surface area contributed by atoms with Gasteiger partial charge < -0.3 is 4.74 Å². The van der Waals surface area contributed by atoms with Crippen molar-refractivity contribution in [3.63, 3.8) is 0 Å². The smallest absolute Gasteiger partial charge is 0.157 e. The molecule has 0 radical (unpaired) electrons. The lowest BCUT2D eigenvalue weighted by Gasteiger charge is -1.86. The number of allylic oxidation sites excluding steroid dienone is 2. The van der Waals surface area contributed by atoms with Gasteiger partial charge in [-0.2, -0.15) is 0 Å². The fraction of sp³-hybridized carbons (Fsp3) is 0.167. The number of rotatable bonds is 4. The van der Waals surface area contributed by atoms with Crippen LogP contribution >= 0.6 is 0 Å². The van der Waals surface area contributed by atoms with E-state index in [0.717, 1.165) is 0 Å². The quantitative estimate of drug-likeness (QED) is 0.234. The molecule has 0 heterocycles. The van der Waals surface area contributed by atoms with Gasteiger partial charge in [-0.05, 0) is 6.08 Å². The zero-order chi connectivity index (χ0) is 6.24. The predicted octanol–water partition coefficient (Wildman–Crippen LogP) is 0.902. The Morgan fingerprint density at radius 1 is 1.62 bits per heavy atom. The zero-order valence-electron chi connectivity index (χ0n) is 4.54. The van der Waals surface area contributed by atoms with E-state index >= 15 is 0 Å². The Kier molecular flexibility index (Phi) is 5.17. The van der Waals surface area contributed by atoms with Crippen molar-refractivity contribution in [3.8, 4) is 0 Å². The Hall–Kier alpha value is -1.05. The maximum Gasteiger partial charge on any atom is 0.157 e. The van der Waals surface area contributed by atoms with Gasteiger partial charge in [-0.15, -0.1) is 0 Å². The summed E-state index contributed by atoms with van der Waals surface area (Å²) in [4.78, 5) is 9.58. The summed E-state index contributed by atoms with van der Waals surface area (Å²) in [6, 6.07) is 0. The standard InChI is InChI=1S/C6H8O2/c1-2-3-5-8-6-4-7/h2-5H,1,6H2. The van der Waals surface area contributed by atoms with Crippen molar-refractivity contribution in [2.75, 3.05) is 6.61 Å². The van der Waals surface area contributed by atoms with Crippen molar-refractivity contribution in [2.45, 2.75) is 0 Å². The van der Waals surface area contributed by atoms with E-state index in [1.807, 2.05) is 0 Å². The first-order valence-corrected chi connectivity index (χ1v) is 2.24. The van der Waals surface area contributed by atoms with Crippen LogP contribution in [0.25, 0.3) is 0 Å². The predicted molar refractivity (Wildman–Crippen MR) is 31.4 cm³/mol. The second kappa shape index (κ2) is 5.95. The van der Waals surface area contributed by atoms with E-state index < -0.39 is 0 Å². The largest absolute Gasteiger partial charge is 0.494 e. The highest BCUT2D eigenvalue weighted by Crippen LogP contribution is 1.74. The highest BCUT2D eigenvalue weighted by molar-refractivity contribution is 5.50. The van der Waals surface area contributed by atoms with Crippen LogP contribution in [0.5, 0.6) is 0 Å². The van der Waals surface area contributed by atoms with Gasteiger partial charge >= 0.3 is 0 Å². The molecule has 2 heteroatoms. The molecule has 0 aliphatic carbocycles. The van der Waals surface area contributed by atoms with Crippen LogP contribution in [-0.2, 0) is 9.53 Å². The molecule has 0 bridgehead atoms. The first-order valence-electron chi connectivity index (χ1n) is 2.24. The van der Waals surface area contributed by atoms with Crippen molar-refractivity contribution in [2.24, 2.45) is 0 Å². The maximum absolute atomic E-state index is 9.58. The van der Waals surface area contributed by atoms with Crippen LogP contribution in [0.2, 0.25) is 0 Å². The zero-order valence-corrected chi connectivity index (χ0v) is 4.54. The van der Waals surface area contributed by atoms with E-state index in [1.165, 1.54) is 6.26 Å². The fourth-order valence-corrected chi connectivity index (χ4v) is 0.206. The summed E-state index contributed by atoms with van der Waals surface area (Å²) in [5.41, 5.74) is 0. The molecule has 0 aromatic rings. The molecule has 0 aliphatic heterocycles. The van der Waals surface area contributed by atoms with E-state index in [-0.39, 0.29) is 6.61 Å². The second-order valence-electron chi connectivity index (χ2n) is 1.06. The Morgan fingerprint density at radius 3 is 2.88 bits per heavy atom. The summed E-state index contributed by atoms with van der Waals surface area (Å²) in [7, 11) is 0. The lowest BCUT2D eigenvalue weighted by Crippen LogP contribution is -1.84. The van der Waals surface area contributed by atoms with Crippen LogP contribution in [0.3, 0.4) is 0 Å². The number of ether oxygens (including phenoxy) is 1. The van der Waals surface area contributed by atoms with Gasteiger partial charge in [0.05, 0.1) is 6.26 Å². The SMILES string of the molecule is C=CC=COCC=O. The molecular weight excluding hydrogens is 104 g/mol. The van der Waals surface area contributed by atoms with Gasteiger partial charge in [0.2, 0.25) is 0 Å². The lowest BCUT2D eigenvalue weighted by atomic mass is 10.6. The van der Waals surface area contributed by atoms with E-state index in [0.29, 0.717) is 6.29 Å². The van der Waals surface area contributed by atoms with E-state index in [2.05, 4.69) is 11.3 Å². The summed E-state index contributed by atoms with van der Waals surface area (Å²) >= 11 is 0. The third-order valence-corrected chi connectivity index (χ3v) is 0.475. The van der Waals surface area contributed by atoms with Crippen LogP contribution in [0.4, 0.5) is 0 Å². The van der Waals surface area contributed by atoms with Crippen LogP contribution < -0.4 is 0 Å². The van der Waals surface area contributed by atoms with Crippen LogP contribution in [0, 0.1) is 0 Å². The molecule has 0 spiro atoms. The molecule has 0 amide bonds. The summed E-state index contributed by atoms with van der Waals surface area (Å²) in [6.07, 6.45) is 5.29. The fourth-order valence-electron chi connectivity index (χ4n) is 0.206. The molecule has 0 aromatic heterocycles. The third-order valence-electron chi connectivity index (χ3n) is 0.475. The number of aldehydes is 1. The minimum atomic E-state index is 0.115. The van der Waals surface area contributed by atoms with Crippen molar-refractivity contribution >= 4 is 6.29 Å². The van der Waals surface area contributed by atoms with Crippen molar-refractivity contribution in [1.82, 2.24) is 0 Å². The molecular formula is C6H8O2. The monoisotopic (exact) mass is 112 g/mol. The van der Waals surface area contributed by atoms with E-state index in [9.17, 15) is 4.79 Å². The van der Waals surface area contributed by atoms with Gasteiger partial charge in [-0.3, -0.25) is 4.79 Å². The Morgan fingerprint density at radius 2 is 2.38 bits per heavy atom. The topological polar surface area (TPSA) is 26.3 Å². The number of hydrogen-bond donors (Lipinski definition) is 0. The van der Waals surface area contributed by atoms with Crippen LogP contribution in [0.1, 0.15) is 0 Å². The highest BCUT2D eigenvalue weighted by atomic mass is 16.5. The van der Waals surface area contributed by atoms with Gasteiger partial charge in [0, 0.05) is 0 Å². The number of hydrogen-bond acceptors (Lipinski definition) is 2. The Balaban J connectivity index is 3.02. The number of carbonyl (C=O) groups is 1. The maximum atomic E-state index is 9.58. The van der Waals surface area contributed by atoms with Gasteiger partial charge in [-0.25, -0.2) is 0 Å². The molecule has 0 saturated carbocycles. The molecule has 0 fully saturated rings. The summed E-state index contributed by atoms with van der Waals surface area (Å²) in [6.45, 7) is 3.52. The molecule has 2 nitrogen and oxygen atoms in total. The van der Waals surface area contributed by atoms with E-state index in [1.54, 1.807) is 12.2 Å². The van der Waals surface area contributed by atoms with Crippen LogP contribution in [0.15, 0.2) is 25.0 Å². The average molecular weight is 112 g/mol. The lowest BCUT2D eigenvalue weighted by molar-refractivity contribution is -0.110. The van der Waals surface area contributed by atoms with Gasteiger partial charge in [-0.1, -0.05) is 12.7 Å². The Bertz CT molecular complexity index is 94.7. The summed E-state index contributed by atoms with van der Waals surface area (Å²) in [5, 5.41) is 0. The molecule has 0 aromatic carbocycles. The first kappa shape index (κ1) is 6.95. The van der Waals surface area contributed by atoms with E-state index in [4.69, 9.17) is 0 Å². The molecule has 0 atom stereocenters. The molecule has 0 saturated heterocycles. The summed E-state index contributed by atoms with van der Waals surface area (Å²) < 4.78 is 4.60. The molecule has 0 rings (SSSR count). The first-order chi connectivity index (χ1) is 3.91. The molecule has 0 aliphatic rings. The van der Waals surface area contributed by atoms with Gasteiger partial charge in [0.1, 0.15) is 6.61 Å². The molecule has 0 unspecified atom stereocenters. The molecule has 44 valence electrons. The minimum Gasteiger partial charge on any atom is -0.494 e. The molecule has 0 N–H and O–H groups in total. The van der Waals surface area contributed by atoms with Crippen molar-refractivity contribution < 1.29 is 9.53 Å². The minimum absolute atomic E-state index is 0.115.